The van der Waals surface area contributed by atoms with E-state index >= 15 is 0 Å². The maximum Gasteiger partial charge on any atom is 0.123 e. The summed E-state index contributed by atoms with van der Waals surface area (Å²) in [4.78, 5) is 0. The third-order valence-corrected chi connectivity index (χ3v) is 2.56. The molecule has 0 fully saturated rings. The van der Waals surface area contributed by atoms with Crippen molar-refractivity contribution in [3.8, 4) is 5.75 Å². The second kappa shape index (κ2) is 11.3. The van der Waals surface area contributed by atoms with E-state index < -0.39 is 0 Å². The smallest absolute Gasteiger partial charge is 0.123 e. The van der Waals surface area contributed by atoms with Crippen LogP contribution in [0.5, 0.6) is 5.75 Å². The first kappa shape index (κ1) is 18.5. The van der Waals surface area contributed by atoms with Crippen LogP contribution >= 0.6 is 24.0 Å². The van der Waals surface area contributed by atoms with Gasteiger partial charge in [-0.1, -0.05) is 11.6 Å². The Kier molecular flexibility index (Phi) is 11.0. The first-order valence-electron chi connectivity index (χ1n) is 6.17. The molecule has 110 valence electrons. The summed E-state index contributed by atoms with van der Waals surface area (Å²) in [6, 6.07) is 5.65. The molecule has 0 spiro atoms. The lowest BCUT2D eigenvalue weighted by Crippen LogP contribution is -2.21. The first-order valence-corrected chi connectivity index (χ1v) is 6.55. The third-order valence-electron chi connectivity index (χ3n) is 2.32. The van der Waals surface area contributed by atoms with E-state index in [0.717, 1.165) is 22.9 Å². The molecule has 0 radical (unpaired) electrons. The van der Waals surface area contributed by atoms with Crippen LogP contribution in [0.4, 0.5) is 0 Å². The number of rotatable bonds is 9. The van der Waals surface area contributed by atoms with Gasteiger partial charge in [-0.15, -0.1) is 12.4 Å². The fraction of sp³-hybridized carbons (Fsp3) is 0.538. The lowest BCUT2D eigenvalue weighted by atomic mass is 10.2. The van der Waals surface area contributed by atoms with Crippen LogP contribution in [0.1, 0.15) is 12.5 Å². The first-order chi connectivity index (χ1) is 8.77. The molecule has 0 unspecified atom stereocenters. The Balaban J connectivity index is 0.00000324. The zero-order valence-electron chi connectivity index (χ0n) is 11.2. The van der Waals surface area contributed by atoms with Crippen molar-refractivity contribution in [2.24, 2.45) is 5.73 Å². The molecule has 3 N–H and O–H groups in total. The minimum absolute atomic E-state index is 0. The van der Waals surface area contributed by atoms with Crippen LogP contribution in [-0.4, -0.2) is 32.9 Å². The molecule has 0 atom stereocenters. The molecule has 4 nitrogen and oxygen atoms in total. The maximum absolute atomic E-state index is 5.98. The van der Waals surface area contributed by atoms with Crippen LogP contribution in [-0.2, 0) is 11.3 Å². The highest BCUT2D eigenvalue weighted by molar-refractivity contribution is 6.30. The van der Waals surface area contributed by atoms with E-state index in [-0.39, 0.29) is 12.4 Å². The van der Waals surface area contributed by atoms with E-state index in [4.69, 9.17) is 26.8 Å². The molecule has 0 saturated carbocycles. The monoisotopic (exact) mass is 308 g/mol. The van der Waals surface area contributed by atoms with E-state index in [1.807, 2.05) is 25.1 Å². The molecule has 1 rings (SSSR count). The number of hydrogen-bond donors (Lipinski definition) is 2. The highest BCUT2D eigenvalue weighted by atomic mass is 35.5. The molecule has 0 bridgehead atoms. The quantitative estimate of drug-likeness (QED) is 0.687. The van der Waals surface area contributed by atoms with Gasteiger partial charge in [0.1, 0.15) is 5.75 Å². The lowest BCUT2D eigenvalue weighted by Gasteiger charge is -2.11. The van der Waals surface area contributed by atoms with Gasteiger partial charge in [0.15, 0.2) is 0 Å². The molecule has 0 saturated heterocycles. The molecule has 0 aliphatic heterocycles. The largest absolute Gasteiger partial charge is 0.494 e. The fourth-order valence-corrected chi connectivity index (χ4v) is 1.73. The number of nitrogens with one attached hydrogen (secondary N) is 1. The van der Waals surface area contributed by atoms with E-state index in [1.54, 1.807) is 0 Å². The predicted molar refractivity (Wildman–Crippen MR) is 81.4 cm³/mol. The minimum Gasteiger partial charge on any atom is -0.494 e. The van der Waals surface area contributed by atoms with Crippen molar-refractivity contribution >= 4 is 24.0 Å². The van der Waals surface area contributed by atoms with Crippen LogP contribution in [0, 0.1) is 0 Å². The molecule has 19 heavy (non-hydrogen) atoms. The van der Waals surface area contributed by atoms with Gasteiger partial charge in [-0.25, -0.2) is 0 Å². The van der Waals surface area contributed by atoms with Gasteiger partial charge in [0.05, 0.1) is 19.8 Å². The van der Waals surface area contributed by atoms with Crippen molar-refractivity contribution in [3.05, 3.63) is 28.8 Å². The summed E-state index contributed by atoms with van der Waals surface area (Å²) >= 11 is 5.98. The summed E-state index contributed by atoms with van der Waals surface area (Å²) in [6.45, 7) is 5.91. The van der Waals surface area contributed by atoms with Crippen molar-refractivity contribution in [1.82, 2.24) is 5.32 Å². The number of halogens is 2. The summed E-state index contributed by atoms with van der Waals surface area (Å²) in [6.07, 6.45) is 0. The number of ether oxygens (including phenoxy) is 2. The number of hydrogen-bond acceptors (Lipinski definition) is 4. The van der Waals surface area contributed by atoms with Crippen molar-refractivity contribution in [2.45, 2.75) is 13.5 Å². The molecule has 0 amide bonds. The standard InChI is InChI=1S/C13H21ClN2O2.ClH/c1-2-18-13-4-3-12(14)9-11(13)10-16-6-8-17-7-5-15;/h3-4,9,16H,2,5-8,10,15H2,1H3;1H. The Morgan fingerprint density at radius 2 is 2.11 bits per heavy atom. The summed E-state index contributed by atoms with van der Waals surface area (Å²) in [5.74, 6) is 0.872. The zero-order chi connectivity index (χ0) is 13.2. The predicted octanol–water partition coefficient (Wildman–Crippen LogP) is 2.23. The van der Waals surface area contributed by atoms with Gasteiger partial charge in [0, 0.05) is 30.2 Å². The van der Waals surface area contributed by atoms with Crippen LogP contribution < -0.4 is 15.8 Å². The molecular weight excluding hydrogens is 287 g/mol. The SMILES string of the molecule is CCOc1ccc(Cl)cc1CNCCOCCN.Cl. The van der Waals surface area contributed by atoms with Crippen LogP contribution in [0.25, 0.3) is 0 Å². The summed E-state index contributed by atoms with van der Waals surface area (Å²) in [7, 11) is 0. The average Bonchev–Trinajstić information content (AvgIpc) is 2.37. The molecule has 0 aliphatic rings. The number of nitrogens with two attached hydrogens (primary N) is 1. The molecule has 6 heteroatoms. The highest BCUT2D eigenvalue weighted by Gasteiger charge is 2.03. The van der Waals surface area contributed by atoms with Gasteiger partial charge >= 0.3 is 0 Å². The summed E-state index contributed by atoms with van der Waals surface area (Å²) in [5.41, 5.74) is 6.39. The van der Waals surface area contributed by atoms with Crippen LogP contribution in [0.2, 0.25) is 5.02 Å². The molecule has 0 aromatic heterocycles. The highest BCUT2D eigenvalue weighted by Crippen LogP contribution is 2.22. The van der Waals surface area contributed by atoms with Gasteiger partial charge < -0.3 is 20.5 Å². The van der Waals surface area contributed by atoms with E-state index in [2.05, 4.69) is 5.32 Å². The topological polar surface area (TPSA) is 56.5 Å². The minimum atomic E-state index is 0. The Morgan fingerprint density at radius 1 is 1.32 bits per heavy atom. The normalized spacial score (nSPS) is 10.1. The van der Waals surface area contributed by atoms with Gasteiger partial charge in [-0.3, -0.25) is 0 Å². The lowest BCUT2D eigenvalue weighted by molar-refractivity contribution is 0.143. The van der Waals surface area contributed by atoms with Crippen molar-refractivity contribution < 1.29 is 9.47 Å². The Labute approximate surface area is 126 Å². The van der Waals surface area contributed by atoms with Gasteiger partial charge in [0.2, 0.25) is 0 Å². The molecule has 0 heterocycles. The molecule has 1 aromatic carbocycles. The second-order valence-electron chi connectivity index (χ2n) is 3.76. The van der Waals surface area contributed by atoms with Gasteiger partial charge in [0.25, 0.3) is 0 Å². The molecular formula is C13H22Cl2N2O2. The van der Waals surface area contributed by atoms with Gasteiger partial charge in [-0.05, 0) is 25.1 Å². The van der Waals surface area contributed by atoms with Gasteiger partial charge in [-0.2, -0.15) is 0 Å². The third kappa shape index (κ3) is 7.60. The molecule has 1 aromatic rings. The Bertz CT molecular complexity index is 351. The average molecular weight is 309 g/mol. The molecule has 0 aliphatic carbocycles. The van der Waals surface area contributed by atoms with Crippen molar-refractivity contribution in [3.63, 3.8) is 0 Å². The van der Waals surface area contributed by atoms with Crippen molar-refractivity contribution in [2.75, 3.05) is 32.9 Å². The second-order valence-corrected chi connectivity index (χ2v) is 4.20. The Hall–Kier alpha value is -0.520. The summed E-state index contributed by atoms with van der Waals surface area (Å²) in [5, 5.41) is 4.00. The van der Waals surface area contributed by atoms with Crippen molar-refractivity contribution in [1.29, 1.82) is 0 Å². The van der Waals surface area contributed by atoms with E-state index in [9.17, 15) is 0 Å². The summed E-state index contributed by atoms with van der Waals surface area (Å²) < 4.78 is 10.8. The van der Waals surface area contributed by atoms with E-state index in [1.165, 1.54) is 0 Å². The maximum atomic E-state index is 5.98. The fourth-order valence-electron chi connectivity index (χ4n) is 1.54. The van der Waals surface area contributed by atoms with E-state index in [0.29, 0.717) is 32.9 Å². The van der Waals surface area contributed by atoms with Crippen LogP contribution in [0.3, 0.4) is 0 Å². The Morgan fingerprint density at radius 3 is 2.79 bits per heavy atom. The van der Waals surface area contributed by atoms with Crippen LogP contribution in [0.15, 0.2) is 18.2 Å². The zero-order valence-corrected chi connectivity index (χ0v) is 12.7. The number of benzene rings is 1.